The molecule has 0 heterocycles. The Hall–Kier alpha value is -1.36. The van der Waals surface area contributed by atoms with Crippen molar-refractivity contribution in [1.29, 1.82) is 0 Å². The number of hydrogen-bond donors (Lipinski definition) is 1. The van der Waals surface area contributed by atoms with Gasteiger partial charge in [0, 0.05) is 12.1 Å². The molecule has 0 aromatic heterocycles. The van der Waals surface area contributed by atoms with Crippen LogP contribution in [0.2, 0.25) is 0 Å². The van der Waals surface area contributed by atoms with Crippen LogP contribution in [0.3, 0.4) is 0 Å². The van der Waals surface area contributed by atoms with Gasteiger partial charge < -0.3 is 14.8 Å². The zero-order valence-electron chi connectivity index (χ0n) is 14.9. The van der Waals surface area contributed by atoms with Gasteiger partial charge in [0.2, 0.25) is 0 Å². The lowest BCUT2D eigenvalue weighted by molar-refractivity contribution is -0.153. The van der Waals surface area contributed by atoms with E-state index in [-0.39, 0.29) is 18.5 Å². The van der Waals surface area contributed by atoms with E-state index < -0.39 is 5.60 Å². The van der Waals surface area contributed by atoms with Gasteiger partial charge in [-0.1, -0.05) is 6.08 Å². The Kier molecular flexibility index (Phi) is 8.31. The third-order valence-electron chi connectivity index (χ3n) is 3.81. The van der Waals surface area contributed by atoms with E-state index in [2.05, 4.69) is 5.32 Å². The predicted molar refractivity (Wildman–Crippen MR) is 90.0 cm³/mol. The van der Waals surface area contributed by atoms with Crippen LogP contribution in [0.15, 0.2) is 12.2 Å². The van der Waals surface area contributed by atoms with Crippen molar-refractivity contribution in [3.05, 3.63) is 12.2 Å². The standard InChI is InChI=1S/C18H31NO4/c1-5-22-16(20)8-6-7-14-9-11-15(12-10-14)19-13-17(21)23-18(2,3)4/h6,8,14-15,19H,5,7,9-13H2,1-4H3. The molecular weight excluding hydrogens is 294 g/mol. The molecule has 0 bridgehead atoms. The Morgan fingerprint density at radius 1 is 1.17 bits per heavy atom. The lowest BCUT2D eigenvalue weighted by Crippen LogP contribution is -2.39. The molecular formula is C18H31NO4. The first-order valence-corrected chi connectivity index (χ1v) is 8.58. The molecule has 1 aliphatic carbocycles. The minimum Gasteiger partial charge on any atom is -0.463 e. The zero-order chi connectivity index (χ0) is 17.3. The minimum atomic E-state index is -0.429. The van der Waals surface area contributed by atoms with E-state index in [1.807, 2.05) is 26.8 Å². The van der Waals surface area contributed by atoms with Gasteiger partial charge in [-0.3, -0.25) is 4.79 Å². The van der Waals surface area contributed by atoms with Crippen molar-refractivity contribution < 1.29 is 19.1 Å². The van der Waals surface area contributed by atoms with E-state index in [4.69, 9.17) is 9.47 Å². The fourth-order valence-corrected chi connectivity index (χ4v) is 2.75. The van der Waals surface area contributed by atoms with E-state index in [0.29, 0.717) is 18.6 Å². The van der Waals surface area contributed by atoms with Crippen LogP contribution in [-0.2, 0) is 19.1 Å². The molecule has 0 saturated heterocycles. The Balaban J connectivity index is 2.18. The van der Waals surface area contributed by atoms with Gasteiger partial charge in [0.25, 0.3) is 0 Å². The van der Waals surface area contributed by atoms with E-state index >= 15 is 0 Å². The summed E-state index contributed by atoms with van der Waals surface area (Å²) in [6.45, 7) is 8.12. The normalized spacial score (nSPS) is 22.1. The van der Waals surface area contributed by atoms with Crippen molar-refractivity contribution in [1.82, 2.24) is 5.32 Å². The molecule has 1 saturated carbocycles. The number of carbonyl (C=O) groups excluding carboxylic acids is 2. The zero-order valence-corrected chi connectivity index (χ0v) is 14.9. The third kappa shape index (κ3) is 9.39. The number of esters is 2. The molecule has 1 rings (SSSR count). The van der Waals surface area contributed by atoms with Crippen molar-refractivity contribution in [2.24, 2.45) is 5.92 Å². The molecule has 0 aromatic rings. The van der Waals surface area contributed by atoms with Gasteiger partial charge in [-0.15, -0.1) is 0 Å². The highest BCUT2D eigenvalue weighted by atomic mass is 16.6. The number of carbonyl (C=O) groups is 2. The van der Waals surface area contributed by atoms with Crippen LogP contribution in [0.5, 0.6) is 0 Å². The van der Waals surface area contributed by atoms with Crippen LogP contribution in [-0.4, -0.2) is 36.7 Å². The molecule has 5 nitrogen and oxygen atoms in total. The summed E-state index contributed by atoms with van der Waals surface area (Å²) in [5.74, 6) is 0.150. The number of hydrogen-bond acceptors (Lipinski definition) is 5. The average Bonchev–Trinajstić information content (AvgIpc) is 2.45. The van der Waals surface area contributed by atoms with Crippen LogP contribution in [0.4, 0.5) is 0 Å². The minimum absolute atomic E-state index is 0.197. The quantitative estimate of drug-likeness (QED) is 0.576. The summed E-state index contributed by atoms with van der Waals surface area (Å²) >= 11 is 0. The second kappa shape index (κ2) is 9.71. The Morgan fingerprint density at radius 2 is 1.83 bits per heavy atom. The SMILES string of the molecule is CCOC(=O)C=CCC1CCC(NCC(=O)OC(C)(C)C)CC1. The average molecular weight is 325 g/mol. The first-order chi connectivity index (χ1) is 10.8. The van der Waals surface area contributed by atoms with Gasteiger partial charge in [-0.2, -0.15) is 0 Å². The van der Waals surface area contributed by atoms with Gasteiger partial charge in [-0.25, -0.2) is 4.79 Å². The van der Waals surface area contributed by atoms with Crippen molar-refractivity contribution >= 4 is 11.9 Å². The van der Waals surface area contributed by atoms with Gasteiger partial charge in [0.1, 0.15) is 5.60 Å². The first kappa shape index (κ1) is 19.7. The molecule has 0 unspecified atom stereocenters. The molecule has 23 heavy (non-hydrogen) atoms. The van der Waals surface area contributed by atoms with Crippen molar-refractivity contribution in [2.75, 3.05) is 13.2 Å². The second-order valence-corrected chi connectivity index (χ2v) is 7.08. The summed E-state index contributed by atoms with van der Waals surface area (Å²) in [7, 11) is 0. The Bertz CT molecular complexity index is 404. The molecule has 0 spiro atoms. The fourth-order valence-electron chi connectivity index (χ4n) is 2.75. The van der Waals surface area contributed by atoms with E-state index in [1.54, 1.807) is 6.92 Å². The van der Waals surface area contributed by atoms with Crippen molar-refractivity contribution in [2.45, 2.75) is 71.4 Å². The smallest absolute Gasteiger partial charge is 0.330 e. The summed E-state index contributed by atoms with van der Waals surface area (Å²) in [6.07, 6.45) is 8.69. The number of rotatable bonds is 7. The van der Waals surface area contributed by atoms with Crippen molar-refractivity contribution in [3.63, 3.8) is 0 Å². The Labute approximate surface area is 139 Å². The molecule has 1 fully saturated rings. The first-order valence-electron chi connectivity index (χ1n) is 8.58. The summed E-state index contributed by atoms with van der Waals surface area (Å²) in [4.78, 5) is 22.9. The topological polar surface area (TPSA) is 64.6 Å². The summed E-state index contributed by atoms with van der Waals surface area (Å²) in [5, 5.41) is 3.29. The third-order valence-corrected chi connectivity index (χ3v) is 3.81. The van der Waals surface area contributed by atoms with Crippen LogP contribution < -0.4 is 5.32 Å². The fraction of sp³-hybridized carbons (Fsp3) is 0.778. The molecule has 0 atom stereocenters. The summed E-state index contributed by atoms with van der Waals surface area (Å²) in [5.41, 5.74) is -0.429. The van der Waals surface area contributed by atoms with Gasteiger partial charge in [0.15, 0.2) is 0 Å². The highest BCUT2D eigenvalue weighted by molar-refractivity contribution is 5.81. The molecule has 0 aliphatic heterocycles. The van der Waals surface area contributed by atoms with Crippen LogP contribution in [0, 0.1) is 5.92 Å². The van der Waals surface area contributed by atoms with Gasteiger partial charge in [0.05, 0.1) is 13.2 Å². The molecule has 0 aromatic carbocycles. The van der Waals surface area contributed by atoms with E-state index in [1.165, 1.54) is 6.08 Å². The molecule has 1 N–H and O–H groups in total. The lowest BCUT2D eigenvalue weighted by atomic mass is 9.84. The summed E-state index contributed by atoms with van der Waals surface area (Å²) < 4.78 is 10.1. The summed E-state index contributed by atoms with van der Waals surface area (Å²) in [6, 6.07) is 0.382. The number of nitrogens with one attached hydrogen (secondary N) is 1. The highest BCUT2D eigenvalue weighted by Gasteiger charge is 2.22. The largest absolute Gasteiger partial charge is 0.463 e. The van der Waals surface area contributed by atoms with Gasteiger partial charge >= 0.3 is 11.9 Å². The number of ether oxygens (including phenoxy) is 2. The maximum Gasteiger partial charge on any atom is 0.330 e. The van der Waals surface area contributed by atoms with E-state index in [9.17, 15) is 9.59 Å². The van der Waals surface area contributed by atoms with Gasteiger partial charge in [-0.05, 0) is 65.7 Å². The van der Waals surface area contributed by atoms with Crippen LogP contribution >= 0.6 is 0 Å². The molecule has 132 valence electrons. The monoisotopic (exact) mass is 325 g/mol. The number of allylic oxidation sites excluding steroid dienone is 1. The van der Waals surface area contributed by atoms with Crippen LogP contribution in [0.1, 0.15) is 59.8 Å². The second-order valence-electron chi connectivity index (χ2n) is 7.08. The Morgan fingerprint density at radius 3 is 2.39 bits per heavy atom. The lowest BCUT2D eigenvalue weighted by Gasteiger charge is -2.29. The predicted octanol–water partition coefficient (Wildman–Crippen LogP) is 2.99. The molecule has 0 amide bonds. The maximum atomic E-state index is 11.7. The van der Waals surface area contributed by atoms with Crippen LogP contribution in [0.25, 0.3) is 0 Å². The maximum absolute atomic E-state index is 11.7. The highest BCUT2D eigenvalue weighted by Crippen LogP contribution is 2.27. The molecule has 1 aliphatic rings. The molecule has 5 heteroatoms. The molecule has 0 radical (unpaired) electrons. The van der Waals surface area contributed by atoms with Crippen molar-refractivity contribution in [3.8, 4) is 0 Å². The van der Waals surface area contributed by atoms with E-state index in [0.717, 1.165) is 32.1 Å².